The van der Waals surface area contributed by atoms with Crippen molar-refractivity contribution in [3.8, 4) is 0 Å². The molecule has 0 saturated carbocycles. The molecule has 0 aliphatic rings. The van der Waals surface area contributed by atoms with Crippen molar-refractivity contribution >= 4 is 11.7 Å². The van der Waals surface area contributed by atoms with E-state index in [0.717, 1.165) is 6.42 Å². The van der Waals surface area contributed by atoms with Crippen LogP contribution in [0, 0.1) is 11.2 Å². The van der Waals surface area contributed by atoms with Gasteiger partial charge in [0.15, 0.2) is 5.78 Å². The zero-order chi connectivity index (χ0) is 17.0. The van der Waals surface area contributed by atoms with Gasteiger partial charge in [-0.1, -0.05) is 20.8 Å². The minimum Gasteiger partial charge on any atom is -0.351 e. The van der Waals surface area contributed by atoms with E-state index >= 15 is 0 Å². The third-order valence-electron chi connectivity index (χ3n) is 3.20. The molecule has 0 radical (unpaired) electrons. The number of carbonyl (C=O) groups excluding carboxylic acids is 2. The Morgan fingerprint density at radius 1 is 1.00 bits per heavy atom. The molecule has 0 atom stereocenters. The van der Waals surface area contributed by atoms with Crippen molar-refractivity contribution in [2.45, 2.75) is 59.4 Å². The van der Waals surface area contributed by atoms with E-state index in [9.17, 15) is 14.0 Å². The predicted molar refractivity (Wildman–Crippen MR) is 86.3 cm³/mol. The zero-order valence-corrected chi connectivity index (χ0v) is 14.1. The van der Waals surface area contributed by atoms with E-state index in [1.165, 1.54) is 24.3 Å². The van der Waals surface area contributed by atoms with E-state index in [2.05, 4.69) is 26.1 Å². The van der Waals surface area contributed by atoms with Gasteiger partial charge in [-0.2, -0.15) is 0 Å². The van der Waals surface area contributed by atoms with Crippen LogP contribution in [0.4, 0.5) is 4.39 Å². The summed E-state index contributed by atoms with van der Waals surface area (Å²) in [5.74, 6) is -0.660. The Hall–Kier alpha value is -1.71. The van der Waals surface area contributed by atoms with Crippen LogP contribution in [0.5, 0.6) is 0 Å². The van der Waals surface area contributed by atoms with Gasteiger partial charge in [0.2, 0.25) is 5.91 Å². The number of hydrogen-bond donors (Lipinski definition) is 1. The molecule has 3 nitrogen and oxygen atoms in total. The summed E-state index contributed by atoms with van der Waals surface area (Å²) in [6, 6.07) is 5.39. The summed E-state index contributed by atoms with van der Waals surface area (Å²) in [5, 5.41) is 2.98. The van der Waals surface area contributed by atoms with Crippen LogP contribution in [-0.2, 0) is 4.79 Å². The van der Waals surface area contributed by atoms with Gasteiger partial charge in [0.25, 0.3) is 0 Å². The highest BCUT2D eigenvalue weighted by atomic mass is 19.1. The van der Waals surface area contributed by atoms with Crippen molar-refractivity contribution in [3.05, 3.63) is 35.6 Å². The molecule has 0 spiro atoms. The molecule has 0 aromatic heterocycles. The number of amides is 1. The summed E-state index contributed by atoms with van der Waals surface area (Å²) in [7, 11) is 0. The standard InChI is InChI=1S/C18H26FNO2/c1-17(2,3)12-18(4,5)20-16(22)11-10-15(21)13-6-8-14(19)9-7-13/h6-9H,10-12H2,1-5H3,(H,20,22). The number of nitrogens with one attached hydrogen (secondary N) is 1. The molecular formula is C18H26FNO2. The number of halogens is 1. The summed E-state index contributed by atoms with van der Waals surface area (Å²) in [5.41, 5.74) is 0.234. The van der Waals surface area contributed by atoms with Gasteiger partial charge >= 0.3 is 0 Å². The second-order valence-electron chi connectivity index (χ2n) is 7.60. The average molecular weight is 307 g/mol. The third-order valence-corrected chi connectivity index (χ3v) is 3.20. The number of carbonyl (C=O) groups is 2. The lowest BCUT2D eigenvalue weighted by Crippen LogP contribution is -2.45. The maximum atomic E-state index is 12.8. The smallest absolute Gasteiger partial charge is 0.220 e. The maximum Gasteiger partial charge on any atom is 0.220 e. The molecule has 22 heavy (non-hydrogen) atoms. The van der Waals surface area contributed by atoms with E-state index in [1.807, 2.05) is 13.8 Å². The van der Waals surface area contributed by atoms with E-state index in [4.69, 9.17) is 0 Å². The third kappa shape index (κ3) is 6.83. The van der Waals surface area contributed by atoms with E-state index in [1.54, 1.807) is 0 Å². The lowest BCUT2D eigenvalue weighted by Gasteiger charge is -2.33. The molecule has 1 N–H and O–H groups in total. The van der Waals surface area contributed by atoms with Crippen molar-refractivity contribution in [1.82, 2.24) is 5.32 Å². The average Bonchev–Trinajstić information content (AvgIpc) is 2.33. The van der Waals surface area contributed by atoms with Crippen LogP contribution in [0.2, 0.25) is 0 Å². The lowest BCUT2D eigenvalue weighted by atomic mass is 9.81. The van der Waals surface area contributed by atoms with Crippen molar-refractivity contribution in [2.24, 2.45) is 5.41 Å². The first kappa shape index (κ1) is 18.3. The maximum absolute atomic E-state index is 12.8. The van der Waals surface area contributed by atoms with E-state index < -0.39 is 0 Å². The normalized spacial score (nSPS) is 12.1. The Labute approximate surface area is 132 Å². The predicted octanol–water partition coefficient (Wildman–Crippen LogP) is 4.12. The Bertz CT molecular complexity index is 527. The summed E-state index contributed by atoms with van der Waals surface area (Å²) in [6.07, 6.45) is 1.12. The number of hydrogen-bond acceptors (Lipinski definition) is 2. The fourth-order valence-electron chi connectivity index (χ4n) is 2.82. The van der Waals surface area contributed by atoms with Gasteiger partial charge in [0, 0.05) is 23.9 Å². The SMILES string of the molecule is CC(C)(C)CC(C)(C)NC(=O)CCC(=O)c1ccc(F)cc1. The minimum atomic E-state index is -0.377. The van der Waals surface area contributed by atoms with E-state index in [0.29, 0.717) is 5.56 Å². The molecular weight excluding hydrogens is 281 g/mol. The molecule has 0 heterocycles. The first-order valence-corrected chi connectivity index (χ1v) is 7.58. The second kappa shape index (κ2) is 7.03. The number of rotatable bonds is 6. The second-order valence-corrected chi connectivity index (χ2v) is 7.60. The molecule has 1 amide bonds. The minimum absolute atomic E-state index is 0.112. The zero-order valence-electron chi connectivity index (χ0n) is 14.1. The molecule has 0 bridgehead atoms. The molecule has 0 saturated heterocycles. The first-order valence-electron chi connectivity index (χ1n) is 7.58. The molecule has 1 aromatic rings. The quantitative estimate of drug-likeness (QED) is 0.804. The van der Waals surface area contributed by atoms with Crippen LogP contribution in [0.3, 0.4) is 0 Å². The summed E-state index contributed by atoms with van der Waals surface area (Å²) in [6.45, 7) is 10.3. The Kier molecular flexibility index (Phi) is 5.86. The van der Waals surface area contributed by atoms with Crippen LogP contribution in [-0.4, -0.2) is 17.2 Å². The van der Waals surface area contributed by atoms with Crippen LogP contribution < -0.4 is 5.32 Å². The molecule has 0 fully saturated rings. The molecule has 0 aliphatic carbocycles. The highest BCUT2D eigenvalue weighted by molar-refractivity contribution is 5.97. The topological polar surface area (TPSA) is 46.2 Å². The van der Waals surface area contributed by atoms with E-state index in [-0.39, 0.29) is 41.3 Å². The molecule has 1 rings (SSSR count). The van der Waals surface area contributed by atoms with Gasteiger partial charge in [0.1, 0.15) is 5.82 Å². The largest absolute Gasteiger partial charge is 0.351 e. The molecule has 0 unspecified atom stereocenters. The summed E-state index contributed by atoms with van der Waals surface area (Å²) >= 11 is 0. The fraction of sp³-hybridized carbons (Fsp3) is 0.556. The number of ketones is 1. The Morgan fingerprint density at radius 2 is 1.55 bits per heavy atom. The lowest BCUT2D eigenvalue weighted by molar-refractivity contribution is -0.122. The summed E-state index contributed by atoms with van der Waals surface area (Å²) in [4.78, 5) is 24.0. The van der Waals surface area contributed by atoms with Crippen molar-refractivity contribution in [1.29, 1.82) is 0 Å². The van der Waals surface area contributed by atoms with Crippen LogP contribution in [0.1, 0.15) is 64.2 Å². The van der Waals surface area contributed by atoms with Crippen LogP contribution >= 0.6 is 0 Å². The Morgan fingerprint density at radius 3 is 2.05 bits per heavy atom. The van der Waals surface area contributed by atoms with Gasteiger partial charge < -0.3 is 5.32 Å². The van der Waals surface area contributed by atoms with Crippen molar-refractivity contribution in [2.75, 3.05) is 0 Å². The molecule has 1 aromatic carbocycles. The molecule has 122 valence electrons. The first-order chi connectivity index (χ1) is 9.98. The molecule has 4 heteroatoms. The van der Waals surface area contributed by atoms with Crippen LogP contribution in [0.25, 0.3) is 0 Å². The van der Waals surface area contributed by atoms with Gasteiger partial charge in [-0.05, 0) is 49.9 Å². The van der Waals surface area contributed by atoms with Crippen LogP contribution in [0.15, 0.2) is 24.3 Å². The monoisotopic (exact) mass is 307 g/mol. The highest BCUT2D eigenvalue weighted by Gasteiger charge is 2.26. The number of Topliss-reactive ketones (excluding diaryl/α,β-unsaturated/α-hetero) is 1. The highest BCUT2D eigenvalue weighted by Crippen LogP contribution is 2.26. The van der Waals surface area contributed by atoms with Crippen molar-refractivity contribution < 1.29 is 14.0 Å². The molecule has 0 aliphatic heterocycles. The summed E-state index contributed by atoms with van der Waals surface area (Å²) < 4.78 is 12.8. The Balaban J connectivity index is 2.49. The van der Waals surface area contributed by atoms with Gasteiger partial charge in [0.05, 0.1) is 0 Å². The van der Waals surface area contributed by atoms with Crippen molar-refractivity contribution in [3.63, 3.8) is 0 Å². The van der Waals surface area contributed by atoms with Gasteiger partial charge in [-0.25, -0.2) is 4.39 Å². The van der Waals surface area contributed by atoms with Gasteiger partial charge in [-0.3, -0.25) is 9.59 Å². The number of benzene rings is 1. The fourth-order valence-corrected chi connectivity index (χ4v) is 2.82. The van der Waals surface area contributed by atoms with Gasteiger partial charge in [-0.15, -0.1) is 0 Å².